The normalized spacial score (nSPS) is 9.95. The molecule has 0 unspecified atom stereocenters. The van der Waals surface area contributed by atoms with Crippen molar-refractivity contribution in [3.8, 4) is 6.07 Å². The van der Waals surface area contributed by atoms with Crippen molar-refractivity contribution in [2.45, 2.75) is 13.5 Å². The van der Waals surface area contributed by atoms with E-state index in [1.54, 1.807) is 13.0 Å². The molecule has 0 aliphatic rings. The van der Waals surface area contributed by atoms with Crippen LogP contribution in [-0.2, 0) is 6.54 Å². The average molecular weight is 282 g/mol. The molecule has 0 bridgehead atoms. The summed E-state index contributed by atoms with van der Waals surface area (Å²) in [7, 11) is 1.86. The quantitative estimate of drug-likeness (QED) is 0.636. The minimum atomic E-state index is -0.458. The Morgan fingerprint density at radius 2 is 2.19 bits per heavy atom. The van der Waals surface area contributed by atoms with Crippen molar-refractivity contribution in [2.75, 3.05) is 11.9 Å². The van der Waals surface area contributed by atoms with Crippen LogP contribution in [-0.4, -0.2) is 17.0 Å². The molecule has 0 radical (unpaired) electrons. The summed E-state index contributed by atoms with van der Waals surface area (Å²) in [4.78, 5) is 16.3. The number of nitrogens with zero attached hydrogens (tertiary/aromatic N) is 4. The highest BCUT2D eigenvalue weighted by molar-refractivity contribution is 5.50. The zero-order chi connectivity index (χ0) is 15.4. The van der Waals surface area contributed by atoms with Crippen LogP contribution in [0.3, 0.4) is 0 Å². The van der Waals surface area contributed by atoms with E-state index in [4.69, 9.17) is 5.26 Å². The Hall–Kier alpha value is -2.94. The summed E-state index contributed by atoms with van der Waals surface area (Å²) >= 11 is 0. The van der Waals surface area contributed by atoms with Gasteiger partial charge in [-0.15, -0.1) is 0 Å². The number of aromatic nitrogens is 1. The lowest BCUT2D eigenvalue weighted by Gasteiger charge is -2.20. The SMILES string of the molecule is Cc1cc([N+](=O)[O-])cnc1N(C)Cc1cccc(C#N)c1. The van der Waals surface area contributed by atoms with Crippen molar-refractivity contribution in [2.24, 2.45) is 0 Å². The monoisotopic (exact) mass is 282 g/mol. The number of hydrogen-bond acceptors (Lipinski definition) is 5. The molecule has 6 nitrogen and oxygen atoms in total. The van der Waals surface area contributed by atoms with Crippen LogP contribution in [0, 0.1) is 28.4 Å². The highest BCUT2D eigenvalue weighted by Crippen LogP contribution is 2.22. The fraction of sp³-hybridized carbons (Fsp3) is 0.200. The first-order chi connectivity index (χ1) is 10.0. The van der Waals surface area contributed by atoms with Gasteiger partial charge >= 0.3 is 0 Å². The second kappa shape index (κ2) is 6.01. The van der Waals surface area contributed by atoms with Crippen molar-refractivity contribution in [3.05, 3.63) is 63.3 Å². The maximum atomic E-state index is 10.7. The zero-order valence-electron chi connectivity index (χ0n) is 11.8. The van der Waals surface area contributed by atoms with E-state index in [1.807, 2.05) is 30.1 Å². The van der Waals surface area contributed by atoms with E-state index in [2.05, 4.69) is 11.1 Å². The van der Waals surface area contributed by atoms with E-state index in [1.165, 1.54) is 12.3 Å². The molecule has 1 aromatic heterocycles. The van der Waals surface area contributed by atoms with Gasteiger partial charge < -0.3 is 4.90 Å². The molecule has 0 spiro atoms. The van der Waals surface area contributed by atoms with Crippen LogP contribution < -0.4 is 4.90 Å². The van der Waals surface area contributed by atoms with Gasteiger partial charge in [-0.25, -0.2) is 4.98 Å². The molecule has 0 aliphatic heterocycles. The Morgan fingerprint density at radius 3 is 2.81 bits per heavy atom. The summed E-state index contributed by atoms with van der Waals surface area (Å²) in [6.07, 6.45) is 1.25. The Morgan fingerprint density at radius 1 is 1.43 bits per heavy atom. The number of aryl methyl sites for hydroxylation is 1. The summed E-state index contributed by atoms with van der Waals surface area (Å²) in [5, 5.41) is 19.6. The van der Waals surface area contributed by atoms with Gasteiger partial charge in [0, 0.05) is 19.7 Å². The van der Waals surface area contributed by atoms with Crippen LogP contribution in [0.2, 0.25) is 0 Å². The second-order valence-corrected chi connectivity index (χ2v) is 4.76. The van der Waals surface area contributed by atoms with Gasteiger partial charge in [0.2, 0.25) is 0 Å². The lowest BCUT2D eigenvalue weighted by atomic mass is 10.1. The van der Waals surface area contributed by atoms with E-state index in [0.29, 0.717) is 17.9 Å². The average Bonchev–Trinajstić information content (AvgIpc) is 2.47. The molecule has 2 rings (SSSR count). The summed E-state index contributed by atoms with van der Waals surface area (Å²) < 4.78 is 0. The maximum absolute atomic E-state index is 10.7. The molecule has 106 valence electrons. The predicted molar refractivity (Wildman–Crippen MR) is 78.9 cm³/mol. The standard InChI is InChI=1S/C15H14N4O2/c1-11-6-14(19(20)21)9-17-15(11)18(2)10-13-5-3-4-12(7-13)8-16/h3-7,9H,10H2,1-2H3. The summed E-state index contributed by atoms with van der Waals surface area (Å²) in [6, 6.07) is 10.9. The van der Waals surface area contributed by atoms with Crippen LogP contribution in [0.15, 0.2) is 36.5 Å². The largest absolute Gasteiger partial charge is 0.355 e. The predicted octanol–water partition coefficient (Wildman–Crippen LogP) is 2.81. The lowest BCUT2D eigenvalue weighted by molar-refractivity contribution is -0.385. The van der Waals surface area contributed by atoms with Gasteiger partial charge in [0.1, 0.15) is 12.0 Å². The van der Waals surface area contributed by atoms with E-state index >= 15 is 0 Å². The van der Waals surface area contributed by atoms with Gasteiger partial charge in [0.05, 0.1) is 16.6 Å². The van der Waals surface area contributed by atoms with Gasteiger partial charge in [-0.05, 0) is 30.2 Å². The third-order valence-corrected chi connectivity index (χ3v) is 3.08. The third kappa shape index (κ3) is 3.34. The number of rotatable bonds is 4. The van der Waals surface area contributed by atoms with Crippen LogP contribution >= 0.6 is 0 Å². The van der Waals surface area contributed by atoms with Crippen molar-refractivity contribution in [1.82, 2.24) is 4.98 Å². The molecular formula is C15H14N4O2. The molecule has 1 aromatic carbocycles. The number of hydrogen-bond donors (Lipinski definition) is 0. The zero-order valence-corrected chi connectivity index (χ0v) is 11.8. The Kier molecular flexibility index (Phi) is 4.14. The molecular weight excluding hydrogens is 268 g/mol. The minimum Gasteiger partial charge on any atom is -0.355 e. The smallest absolute Gasteiger partial charge is 0.287 e. The molecule has 0 fully saturated rings. The lowest BCUT2D eigenvalue weighted by Crippen LogP contribution is -2.19. The molecule has 0 saturated heterocycles. The van der Waals surface area contributed by atoms with E-state index in [0.717, 1.165) is 11.1 Å². The number of benzene rings is 1. The molecule has 0 aliphatic carbocycles. The van der Waals surface area contributed by atoms with E-state index in [-0.39, 0.29) is 5.69 Å². The first-order valence-corrected chi connectivity index (χ1v) is 6.32. The topological polar surface area (TPSA) is 83.1 Å². The van der Waals surface area contributed by atoms with Crippen molar-refractivity contribution in [1.29, 1.82) is 5.26 Å². The number of pyridine rings is 1. The fourth-order valence-corrected chi connectivity index (χ4v) is 2.14. The van der Waals surface area contributed by atoms with Gasteiger partial charge in [0.25, 0.3) is 5.69 Å². The fourth-order valence-electron chi connectivity index (χ4n) is 2.14. The molecule has 1 heterocycles. The third-order valence-electron chi connectivity index (χ3n) is 3.08. The van der Waals surface area contributed by atoms with Crippen LogP contribution in [0.4, 0.5) is 11.5 Å². The molecule has 0 amide bonds. The van der Waals surface area contributed by atoms with Gasteiger partial charge in [-0.2, -0.15) is 5.26 Å². The van der Waals surface area contributed by atoms with Crippen LogP contribution in [0.5, 0.6) is 0 Å². The Bertz CT molecular complexity index is 722. The summed E-state index contributed by atoms with van der Waals surface area (Å²) in [6.45, 7) is 2.36. The first kappa shape index (κ1) is 14.5. The highest BCUT2D eigenvalue weighted by atomic mass is 16.6. The molecule has 0 atom stereocenters. The Labute approximate surface area is 122 Å². The Balaban J connectivity index is 2.22. The van der Waals surface area contributed by atoms with Gasteiger partial charge in [-0.1, -0.05) is 12.1 Å². The summed E-state index contributed by atoms with van der Waals surface area (Å²) in [5.41, 5.74) is 2.31. The molecule has 21 heavy (non-hydrogen) atoms. The van der Waals surface area contributed by atoms with Crippen molar-refractivity contribution in [3.63, 3.8) is 0 Å². The van der Waals surface area contributed by atoms with Gasteiger partial charge in [-0.3, -0.25) is 10.1 Å². The number of nitro groups is 1. The van der Waals surface area contributed by atoms with Crippen LogP contribution in [0.25, 0.3) is 0 Å². The molecule has 0 N–H and O–H groups in total. The second-order valence-electron chi connectivity index (χ2n) is 4.76. The number of anilines is 1. The van der Waals surface area contributed by atoms with Crippen LogP contribution in [0.1, 0.15) is 16.7 Å². The maximum Gasteiger partial charge on any atom is 0.287 e. The molecule has 0 saturated carbocycles. The number of nitriles is 1. The summed E-state index contributed by atoms with van der Waals surface area (Å²) in [5.74, 6) is 0.683. The van der Waals surface area contributed by atoms with E-state index in [9.17, 15) is 10.1 Å². The van der Waals surface area contributed by atoms with Crippen molar-refractivity contribution < 1.29 is 4.92 Å². The highest BCUT2D eigenvalue weighted by Gasteiger charge is 2.12. The van der Waals surface area contributed by atoms with Crippen molar-refractivity contribution >= 4 is 11.5 Å². The minimum absolute atomic E-state index is 0.0175. The molecule has 2 aromatic rings. The first-order valence-electron chi connectivity index (χ1n) is 6.32. The molecule has 6 heteroatoms. The van der Waals surface area contributed by atoms with Gasteiger partial charge in [0.15, 0.2) is 0 Å². The van der Waals surface area contributed by atoms with E-state index < -0.39 is 4.92 Å².